The Morgan fingerprint density at radius 3 is 2.68 bits per heavy atom. The summed E-state index contributed by atoms with van der Waals surface area (Å²) < 4.78 is 10.9. The summed E-state index contributed by atoms with van der Waals surface area (Å²) in [6.07, 6.45) is 4.68. The van der Waals surface area contributed by atoms with Crippen LogP contribution in [0.1, 0.15) is 32.5 Å². The van der Waals surface area contributed by atoms with Crippen LogP contribution in [0, 0.1) is 5.92 Å². The molecule has 1 unspecified atom stereocenters. The van der Waals surface area contributed by atoms with E-state index in [0.717, 1.165) is 38.8 Å². The minimum absolute atomic E-state index is 0.441. The number of pyridine rings is 1. The molecule has 0 amide bonds. The van der Waals surface area contributed by atoms with Crippen molar-refractivity contribution in [3.8, 4) is 11.6 Å². The highest BCUT2D eigenvalue weighted by atomic mass is 16.5. The van der Waals surface area contributed by atoms with Crippen molar-refractivity contribution in [1.82, 2.24) is 30.7 Å². The number of guanidine groups is 1. The van der Waals surface area contributed by atoms with Gasteiger partial charge in [0.2, 0.25) is 0 Å². The molecule has 2 N–H and O–H groups in total. The van der Waals surface area contributed by atoms with E-state index in [9.17, 15) is 0 Å². The van der Waals surface area contributed by atoms with Crippen LogP contribution in [-0.4, -0.2) is 78.5 Å². The van der Waals surface area contributed by atoms with E-state index in [0.29, 0.717) is 42.3 Å². The van der Waals surface area contributed by atoms with Crippen LogP contribution in [0.5, 0.6) is 0 Å². The van der Waals surface area contributed by atoms with E-state index in [-0.39, 0.29) is 0 Å². The molecule has 1 aliphatic heterocycles. The van der Waals surface area contributed by atoms with E-state index in [4.69, 9.17) is 9.26 Å². The predicted molar refractivity (Wildman–Crippen MR) is 121 cm³/mol. The summed E-state index contributed by atoms with van der Waals surface area (Å²) in [7, 11) is 1.80. The molecule has 0 saturated carbocycles. The highest BCUT2D eigenvalue weighted by Gasteiger charge is 2.27. The Morgan fingerprint density at radius 1 is 1.19 bits per heavy atom. The molecule has 3 rings (SSSR count). The fourth-order valence-electron chi connectivity index (χ4n) is 4.00. The first-order valence-corrected chi connectivity index (χ1v) is 11.2. The third-order valence-electron chi connectivity index (χ3n) is 5.80. The fraction of sp³-hybridized carbons (Fsp3) is 0.636. The van der Waals surface area contributed by atoms with Crippen molar-refractivity contribution in [3.05, 3.63) is 30.2 Å². The normalized spacial score (nSPS) is 16.5. The lowest BCUT2D eigenvalue weighted by Crippen LogP contribution is -2.53. The van der Waals surface area contributed by atoms with Gasteiger partial charge in [0.05, 0.1) is 13.2 Å². The summed E-state index contributed by atoms with van der Waals surface area (Å²) in [5.74, 6) is 2.52. The number of hydrogen-bond acceptors (Lipinski definition) is 7. The molecule has 9 heteroatoms. The highest BCUT2D eigenvalue weighted by molar-refractivity contribution is 5.79. The average Bonchev–Trinajstić information content (AvgIpc) is 3.30. The number of rotatable bonds is 10. The molecule has 0 spiro atoms. The first-order chi connectivity index (χ1) is 15.2. The molecule has 2 aromatic heterocycles. The van der Waals surface area contributed by atoms with Gasteiger partial charge >= 0.3 is 0 Å². The lowest BCUT2D eigenvalue weighted by molar-refractivity contribution is 0.00272. The summed E-state index contributed by atoms with van der Waals surface area (Å²) in [6.45, 7) is 9.68. The summed E-state index contributed by atoms with van der Waals surface area (Å²) in [4.78, 5) is 15.6. The van der Waals surface area contributed by atoms with Gasteiger partial charge in [-0.2, -0.15) is 4.98 Å². The van der Waals surface area contributed by atoms with E-state index < -0.39 is 0 Å². The van der Waals surface area contributed by atoms with Crippen LogP contribution >= 0.6 is 0 Å². The number of morpholine rings is 1. The molecule has 170 valence electrons. The highest BCUT2D eigenvalue weighted by Crippen LogP contribution is 2.19. The molecule has 0 radical (unpaired) electrons. The fourth-order valence-corrected chi connectivity index (χ4v) is 4.00. The van der Waals surface area contributed by atoms with Crippen molar-refractivity contribution in [1.29, 1.82) is 0 Å². The Bertz CT molecular complexity index is 786. The van der Waals surface area contributed by atoms with Gasteiger partial charge in [-0.3, -0.25) is 14.9 Å². The van der Waals surface area contributed by atoms with Gasteiger partial charge in [0, 0.05) is 51.9 Å². The second kappa shape index (κ2) is 12.4. The Kier molecular flexibility index (Phi) is 9.23. The maximum atomic E-state index is 5.55. The molecule has 31 heavy (non-hydrogen) atoms. The second-order valence-electron chi connectivity index (χ2n) is 7.65. The van der Waals surface area contributed by atoms with Crippen molar-refractivity contribution in [3.63, 3.8) is 0 Å². The van der Waals surface area contributed by atoms with Crippen LogP contribution in [0.25, 0.3) is 11.6 Å². The summed E-state index contributed by atoms with van der Waals surface area (Å²) in [6, 6.07) is 6.08. The number of nitrogens with zero attached hydrogens (tertiary/aromatic N) is 5. The molecule has 1 atom stereocenters. The molecule has 2 aromatic rings. The van der Waals surface area contributed by atoms with Crippen molar-refractivity contribution >= 4 is 5.96 Å². The lowest BCUT2D eigenvalue weighted by atomic mass is 9.92. The average molecular weight is 430 g/mol. The van der Waals surface area contributed by atoms with Gasteiger partial charge in [-0.05, 0) is 18.1 Å². The molecule has 1 aliphatic rings. The van der Waals surface area contributed by atoms with Crippen molar-refractivity contribution in [2.45, 2.75) is 39.2 Å². The number of ether oxygens (including phenoxy) is 1. The number of aromatic nitrogens is 3. The first-order valence-electron chi connectivity index (χ1n) is 11.2. The molecular formula is C22H35N7O2. The van der Waals surface area contributed by atoms with Gasteiger partial charge in [-0.25, -0.2) is 0 Å². The van der Waals surface area contributed by atoms with Crippen molar-refractivity contribution < 1.29 is 9.26 Å². The zero-order valence-electron chi connectivity index (χ0n) is 18.9. The first kappa shape index (κ1) is 23.1. The van der Waals surface area contributed by atoms with Crippen LogP contribution in [0.15, 0.2) is 33.9 Å². The van der Waals surface area contributed by atoms with Gasteiger partial charge in [-0.1, -0.05) is 37.9 Å². The largest absolute Gasteiger partial charge is 0.379 e. The molecule has 1 fully saturated rings. The van der Waals surface area contributed by atoms with Crippen LogP contribution in [0.2, 0.25) is 0 Å². The maximum absolute atomic E-state index is 5.55. The minimum Gasteiger partial charge on any atom is -0.379 e. The standard InChI is InChI=1S/C22H35N7O2/c1-4-17(5-2)19(29-12-14-30-15-13-29)16-26-22(23-3)25-11-9-20-27-21(31-28-20)18-8-6-7-10-24-18/h6-8,10,17,19H,4-5,9,11-16H2,1-3H3,(H2,23,25,26). The molecular weight excluding hydrogens is 394 g/mol. The summed E-state index contributed by atoms with van der Waals surface area (Å²) in [5, 5.41) is 10.9. The van der Waals surface area contributed by atoms with E-state index in [1.165, 1.54) is 12.8 Å². The SMILES string of the molecule is CCC(CC)C(CNC(=NC)NCCc1noc(-c2ccccn2)n1)N1CCOCC1. The van der Waals surface area contributed by atoms with Crippen LogP contribution in [0.3, 0.4) is 0 Å². The molecule has 0 aromatic carbocycles. The zero-order valence-corrected chi connectivity index (χ0v) is 18.9. The lowest BCUT2D eigenvalue weighted by Gasteiger charge is -2.39. The second-order valence-corrected chi connectivity index (χ2v) is 7.65. The molecule has 3 heterocycles. The third-order valence-corrected chi connectivity index (χ3v) is 5.80. The Labute approximate surface area is 184 Å². The van der Waals surface area contributed by atoms with Crippen LogP contribution < -0.4 is 10.6 Å². The van der Waals surface area contributed by atoms with Gasteiger partial charge in [-0.15, -0.1) is 0 Å². The molecule has 9 nitrogen and oxygen atoms in total. The quantitative estimate of drug-likeness (QED) is 0.437. The Morgan fingerprint density at radius 2 is 2.00 bits per heavy atom. The minimum atomic E-state index is 0.441. The van der Waals surface area contributed by atoms with Crippen molar-refractivity contribution in [2.75, 3.05) is 46.4 Å². The van der Waals surface area contributed by atoms with Crippen LogP contribution in [0.4, 0.5) is 0 Å². The Balaban J connectivity index is 1.48. The summed E-state index contributed by atoms with van der Waals surface area (Å²) in [5.41, 5.74) is 0.683. The molecule has 1 saturated heterocycles. The molecule has 0 bridgehead atoms. The summed E-state index contributed by atoms with van der Waals surface area (Å²) >= 11 is 0. The number of nitrogens with one attached hydrogen (secondary N) is 2. The maximum Gasteiger partial charge on any atom is 0.276 e. The third kappa shape index (κ3) is 6.73. The zero-order chi connectivity index (χ0) is 21.9. The Hall–Kier alpha value is -2.52. The van der Waals surface area contributed by atoms with Gasteiger partial charge in [0.15, 0.2) is 11.8 Å². The molecule has 0 aliphatic carbocycles. The van der Waals surface area contributed by atoms with Gasteiger partial charge in [0.25, 0.3) is 5.89 Å². The van der Waals surface area contributed by atoms with Gasteiger partial charge < -0.3 is 19.9 Å². The number of aliphatic imine (C=N–C) groups is 1. The monoisotopic (exact) mass is 429 g/mol. The van der Waals surface area contributed by atoms with E-state index >= 15 is 0 Å². The van der Waals surface area contributed by atoms with E-state index in [2.05, 4.69) is 49.5 Å². The van der Waals surface area contributed by atoms with E-state index in [1.807, 2.05) is 18.2 Å². The van der Waals surface area contributed by atoms with Crippen molar-refractivity contribution in [2.24, 2.45) is 10.9 Å². The van der Waals surface area contributed by atoms with Gasteiger partial charge in [0.1, 0.15) is 5.69 Å². The topological polar surface area (TPSA) is 101 Å². The van der Waals surface area contributed by atoms with E-state index in [1.54, 1.807) is 13.2 Å². The predicted octanol–water partition coefficient (Wildman–Crippen LogP) is 1.98. The van der Waals surface area contributed by atoms with Crippen LogP contribution in [-0.2, 0) is 11.2 Å². The number of hydrogen-bond donors (Lipinski definition) is 2. The smallest absolute Gasteiger partial charge is 0.276 e.